The standard InChI is InChI=1S/C22H21ClN2O5S/c1-5-24-20(26)16(12-13-6-11-17(28-2)19(30-4)18(13)29-3)21(27)25(22(24)31)15-9-7-14(23)8-10-15/h6-12H,5H2,1-4H3. The van der Waals surface area contributed by atoms with E-state index in [1.807, 2.05) is 0 Å². The summed E-state index contributed by atoms with van der Waals surface area (Å²) in [5.74, 6) is 0.122. The van der Waals surface area contributed by atoms with Crippen molar-refractivity contribution in [1.82, 2.24) is 4.90 Å². The highest BCUT2D eigenvalue weighted by atomic mass is 35.5. The quantitative estimate of drug-likeness (QED) is 0.369. The molecule has 7 nitrogen and oxygen atoms in total. The lowest BCUT2D eigenvalue weighted by molar-refractivity contribution is -0.127. The maximum atomic E-state index is 13.4. The fourth-order valence-corrected chi connectivity index (χ4v) is 3.79. The third kappa shape index (κ3) is 4.08. The van der Waals surface area contributed by atoms with E-state index >= 15 is 0 Å². The molecule has 0 aromatic heterocycles. The van der Waals surface area contributed by atoms with E-state index in [0.29, 0.717) is 40.1 Å². The average Bonchev–Trinajstić information content (AvgIpc) is 2.77. The molecular weight excluding hydrogens is 440 g/mol. The molecule has 0 spiro atoms. The Morgan fingerprint density at radius 1 is 0.935 bits per heavy atom. The highest BCUT2D eigenvalue weighted by Crippen LogP contribution is 2.41. The summed E-state index contributed by atoms with van der Waals surface area (Å²) in [7, 11) is 4.46. The predicted octanol–water partition coefficient (Wildman–Crippen LogP) is 3.93. The van der Waals surface area contributed by atoms with Crippen molar-refractivity contribution in [3.05, 3.63) is 52.6 Å². The summed E-state index contributed by atoms with van der Waals surface area (Å²) in [6, 6.07) is 10.0. The highest BCUT2D eigenvalue weighted by molar-refractivity contribution is 7.80. The number of carbonyl (C=O) groups is 2. The molecule has 1 aliphatic rings. The Hall–Kier alpha value is -3.10. The number of likely N-dealkylation sites (N-methyl/N-ethyl adjacent to an activating group) is 1. The topological polar surface area (TPSA) is 68.3 Å². The number of ether oxygens (including phenoxy) is 3. The van der Waals surface area contributed by atoms with E-state index in [2.05, 4.69) is 0 Å². The molecule has 9 heteroatoms. The molecule has 1 aliphatic heterocycles. The number of carbonyl (C=O) groups excluding carboxylic acids is 2. The molecule has 0 unspecified atom stereocenters. The Labute approximate surface area is 190 Å². The van der Waals surface area contributed by atoms with Gasteiger partial charge in [0.05, 0.1) is 27.0 Å². The molecule has 162 valence electrons. The minimum Gasteiger partial charge on any atom is -0.493 e. The summed E-state index contributed by atoms with van der Waals surface area (Å²) in [4.78, 5) is 29.1. The van der Waals surface area contributed by atoms with E-state index in [4.69, 9.17) is 38.0 Å². The summed E-state index contributed by atoms with van der Waals surface area (Å²) in [6.45, 7) is 2.09. The largest absolute Gasteiger partial charge is 0.493 e. The molecule has 31 heavy (non-hydrogen) atoms. The lowest BCUT2D eigenvalue weighted by atomic mass is 10.0. The van der Waals surface area contributed by atoms with Gasteiger partial charge in [0.2, 0.25) is 5.75 Å². The molecule has 0 bridgehead atoms. The van der Waals surface area contributed by atoms with Gasteiger partial charge in [0.25, 0.3) is 11.8 Å². The molecule has 0 aliphatic carbocycles. The second kappa shape index (κ2) is 9.36. The highest BCUT2D eigenvalue weighted by Gasteiger charge is 2.39. The number of rotatable bonds is 6. The van der Waals surface area contributed by atoms with Gasteiger partial charge < -0.3 is 14.2 Å². The molecule has 2 amide bonds. The second-order valence-electron chi connectivity index (χ2n) is 6.43. The van der Waals surface area contributed by atoms with Crippen LogP contribution in [0.2, 0.25) is 5.02 Å². The summed E-state index contributed by atoms with van der Waals surface area (Å²) in [5.41, 5.74) is 0.934. The summed E-state index contributed by atoms with van der Waals surface area (Å²) >= 11 is 11.4. The molecule has 3 rings (SSSR count). The number of thiocarbonyl (C=S) groups is 1. The third-order valence-electron chi connectivity index (χ3n) is 4.77. The Balaban J connectivity index is 2.16. The van der Waals surface area contributed by atoms with Crippen LogP contribution in [0.15, 0.2) is 42.0 Å². The van der Waals surface area contributed by atoms with Gasteiger partial charge in [-0.15, -0.1) is 0 Å². The van der Waals surface area contributed by atoms with Crippen molar-refractivity contribution >= 4 is 52.5 Å². The number of anilines is 1. The van der Waals surface area contributed by atoms with Crippen molar-refractivity contribution in [3.63, 3.8) is 0 Å². The van der Waals surface area contributed by atoms with E-state index < -0.39 is 11.8 Å². The van der Waals surface area contributed by atoms with Crippen LogP contribution in [0.25, 0.3) is 6.08 Å². The summed E-state index contributed by atoms with van der Waals surface area (Å²) in [6.07, 6.45) is 1.47. The van der Waals surface area contributed by atoms with Gasteiger partial charge >= 0.3 is 0 Å². The van der Waals surface area contributed by atoms with Crippen molar-refractivity contribution in [2.45, 2.75) is 6.92 Å². The van der Waals surface area contributed by atoms with Crippen LogP contribution in [-0.2, 0) is 9.59 Å². The predicted molar refractivity (Wildman–Crippen MR) is 123 cm³/mol. The van der Waals surface area contributed by atoms with Gasteiger partial charge in [-0.3, -0.25) is 19.4 Å². The van der Waals surface area contributed by atoms with Crippen LogP contribution in [0.1, 0.15) is 12.5 Å². The molecule has 0 N–H and O–H groups in total. The minimum absolute atomic E-state index is 0.0593. The Morgan fingerprint density at radius 3 is 2.13 bits per heavy atom. The maximum absolute atomic E-state index is 13.4. The van der Waals surface area contributed by atoms with E-state index in [0.717, 1.165) is 0 Å². The maximum Gasteiger partial charge on any atom is 0.270 e. The zero-order valence-electron chi connectivity index (χ0n) is 17.5. The molecule has 0 saturated carbocycles. The Kier molecular flexibility index (Phi) is 6.82. The summed E-state index contributed by atoms with van der Waals surface area (Å²) < 4.78 is 16.2. The van der Waals surface area contributed by atoms with Crippen molar-refractivity contribution in [3.8, 4) is 17.2 Å². The molecule has 2 aromatic carbocycles. The van der Waals surface area contributed by atoms with E-state index in [1.165, 1.54) is 37.2 Å². The number of hydrogen-bond acceptors (Lipinski definition) is 6. The number of hydrogen-bond donors (Lipinski definition) is 0. The lowest BCUT2D eigenvalue weighted by Crippen LogP contribution is -2.56. The molecule has 1 heterocycles. The second-order valence-corrected chi connectivity index (χ2v) is 7.23. The van der Waals surface area contributed by atoms with Gasteiger partial charge in [0, 0.05) is 17.1 Å². The van der Waals surface area contributed by atoms with Crippen LogP contribution < -0.4 is 19.1 Å². The number of methoxy groups -OCH3 is 3. The Bertz CT molecular complexity index is 1070. The number of benzene rings is 2. The first-order valence-electron chi connectivity index (χ1n) is 9.34. The SMILES string of the molecule is CCN1C(=O)C(=Cc2ccc(OC)c(OC)c2OC)C(=O)N(c2ccc(Cl)cc2)C1=S. The first kappa shape index (κ1) is 22.6. The lowest BCUT2D eigenvalue weighted by Gasteiger charge is -2.36. The van der Waals surface area contributed by atoms with Crippen molar-refractivity contribution < 1.29 is 23.8 Å². The van der Waals surface area contributed by atoms with Gasteiger partial charge in [0.1, 0.15) is 5.57 Å². The summed E-state index contributed by atoms with van der Waals surface area (Å²) in [5, 5.41) is 0.629. The fraction of sp³-hybridized carbons (Fsp3) is 0.227. The van der Waals surface area contributed by atoms with Crippen molar-refractivity contribution in [2.75, 3.05) is 32.8 Å². The van der Waals surface area contributed by atoms with Gasteiger partial charge in [0.15, 0.2) is 16.6 Å². The smallest absolute Gasteiger partial charge is 0.270 e. The van der Waals surface area contributed by atoms with Gasteiger partial charge in [-0.05, 0) is 61.6 Å². The monoisotopic (exact) mass is 460 g/mol. The fourth-order valence-electron chi connectivity index (χ4n) is 3.27. The molecule has 1 saturated heterocycles. The first-order valence-corrected chi connectivity index (χ1v) is 10.1. The van der Waals surface area contributed by atoms with Crippen LogP contribution in [0.3, 0.4) is 0 Å². The normalized spacial score (nSPS) is 15.5. The molecule has 1 fully saturated rings. The van der Waals surface area contributed by atoms with Crippen LogP contribution in [-0.4, -0.2) is 49.7 Å². The van der Waals surface area contributed by atoms with E-state index in [9.17, 15) is 9.59 Å². The number of amides is 2. The van der Waals surface area contributed by atoms with Crippen molar-refractivity contribution in [1.29, 1.82) is 0 Å². The van der Waals surface area contributed by atoms with Crippen LogP contribution in [0.5, 0.6) is 17.2 Å². The minimum atomic E-state index is -0.543. The third-order valence-corrected chi connectivity index (χ3v) is 5.42. The zero-order chi connectivity index (χ0) is 22.7. The first-order chi connectivity index (χ1) is 14.9. The van der Waals surface area contributed by atoms with E-state index in [1.54, 1.807) is 43.3 Å². The van der Waals surface area contributed by atoms with Gasteiger partial charge in [-0.25, -0.2) is 0 Å². The molecular formula is C22H21ClN2O5S. The zero-order valence-corrected chi connectivity index (χ0v) is 19.0. The Morgan fingerprint density at radius 2 is 1.58 bits per heavy atom. The van der Waals surface area contributed by atoms with Crippen molar-refractivity contribution in [2.24, 2.45) is 0 Å². The van der Waals surface area contributed by atoms with Gasteiger partial charge in [-0.2, -0.15) is 0 Å². The number of halogens is 1. The molecule has 0 atom stereocenters. The average molecular weight is 461 g/mol. The van der Waals surface area contributed by atoms with Crippen LogP contribution in [0, 0.1) is 0 Å². The van der Waals surface area contributed by atoms with Crippen LogP contribution in [0.4, 0.5) is 5.69 Å². The van der Waals surface area contributed by atoms with Crippen LogP contribution >= 0.6 is 23.8 Å². The molecule has 2 aromatic rings. The number of nitrogens with zero attached hydrogens (tertiary/aromatic N) is 2. The van der Waals surface area contributed by atoms with Gasteiger partial charge in [-0.1, -0.05) is 11.6 Å². The molecule has 0 radical (unpaired) electrons. The van der Waals surface area contributed by atoms with E-state index in [-0.39, 0.29) is 10.7 Å².